The summed E-state index contributed by atoms with van der Waals surface area (Å²) in [6.45, 7) is 7.95. The molecule has 1 heteroatoms. The Labute approximate surface area is 429 Å². The van der Waals surface area contributed by atoms with Gasteiger partial charge >= 0.3 is 0 Å². The molecular weight excluding hydrogens is 921 g/mol. The SMILES string of the molecule is CC(C)(C)c1cc2ccccc2c2c1C13c4c5c6c7c8c9c%10c%11c%12c%13c%14c%15c(c%16c%13c%10c7c4-%16)C1(S2)C1C%15C2c4c7c%10c%13c%15c%16c%17c%18c%19c%20c%21c%22c%23c(c4c4c%22c%19c%16c%104)C2C%14C%12C%23C%21C%11C9C%20C%18C8C6C%17C%15C5C3C%13C71. The van der Waals surface area contributed by atoms with Crippen molar-refractivity contribution in [1.29, 1.82) is 0 Å². The van der Waals surface area contributed by atoms with E-state index in [4.69, 9.17) is 0 Å². The van der Waals surface area contributed by atoms with Crippen LogP contribution in [0.15, 0.2) is 35.2 Å². The minimum absolute atomic E-state index is 0.00694. The van der Waals surface area contributed by atoms with Crippen molar-refractivity contribution in [3.63, 3.8) is 0 Å². The van der Waals surface area contributed by atoms with Crippen molar-refractivity contribution in [2.75, 3.05) is 0 Å². The van der Waals surface area contributed by atoms with Crippen molar-refractivity contribution >= 4 is 109 Å². The van der Waals surface area contributed by atoms with Crippen LogP contribution in [0, 0.1) is 11.8 Å². The average molecular weight is 955 g/mol. The first-order valence-corrected chi connectivity index (χ1v) is 31.3. The lowest BCUT2D eigenvalue weighted by atomic mass is 9.39. The fourth-order valence-corrected chi connectivity index (χ4v) is 35.5. The number of fused-ring (bicyclic) bond motifs is 3. The smallest absolute Gasteiger partial charge is 0.0645 e. The lowest BCUT2D eigenvalue weighted by Gasteiger charge is -2.65. The molecule has 12 aromatic carbocycles. The first-order valence-electron chi connectivity index (χ1n) is 30.5. The summed E-state index contributed by atoms with van der Waals surface area (Å²) in [5.74, 6) is 12.9. The molecule has 35 rings (SSSR count). The van der Waals surface area contributed by atoms with Gasteiger partial charge in [0.15, 0.2) is 0 Å². The van der Waals surface area contributed by atoms with Crippen molar-refractivity contribution in [2.24, 2.45) is 11.8 Å². The molecule has 22 aliphatic carbocycles. The zero-order valence-electron chi connectivity index (χ0n) is 40.8. The molecule has 0 amide bonds. The number of hydrogen-bond acceptors (Lipinski definition) is 1. The number of thioether (sulfide) groups is 1. The van der Waals surface area contributed by atoms with Gasteiger partial charge in [-0.25, -0.2) is 0 Å². The third kappa shape index (κ3) is 1.76. The summed E-state index contributed by atoms with van der Waals surface area (Å²) in [6.07, 6.45) is 0. The highest BCUT2D eigenvalue weighted by atomic mass is 32.2. The lowest BCUT2D eigenvalue weighted by molar-refractivity contribution is 0.0334. The third-order valence-corrected chi connectivity index (χ3v) is 33.7. The van der Waals surface area contributed by atoms with E-state index in [9.17, 15) is 0 Å². The Morgan fingerprint density at radius 1 is 0.333 bits per heavy atom. The molecule has 75 heavy (non-hydrogen) atoms. The summed E-state index contributed by atoms with van der Waals surface area (Å²) in [4.78, 5) is 1.76. The monoisotopic (exact) mass is 954 g/mol. The number of rotatable bonds is 0. The maximum atomic E-state index is 2.83. The third-order valence-electron chi connectivity index (χ3n) is 32.0. The second-order valence-electron chi connectivity index (χ2n) is 32.2. The van der Waals surface area contributed by atoms with Gasteiger partial charge in [-0.15, -0.1) is 11.8 Å². The molecule has 2 spiro atoms. The molecule has 1 fully saturated rings. The van der Waals surface area contributed by atoms with Crippen LogP contribution in [0.25, 0.3) is 108 Å². The Kier molecular flexibility index (Phi) is 2.93. The molecule has 0 bridgehead atoms. The summed E-state index contributed by atoms with van der Waals surface area (Å²) >= 11 is 2.62. The van der Waals surface area contributed by atoms with Gasteiger partial charge in [0, 0.05) is 10.3 Å². The molecule has 0 N–H and O–H groups in total. The predicted octanol–water partition coefficient (Wildman–Crippen LogP) is 17.0. The lowest BCUT2D eigenvalue weighted by Crippen LogP contribution is -2.62. The first kappa shape index (κ1) is 30.7. The van der Waals surface area contributed by atoms with Gasteiger partial charge in [-0.2, -0.15) is 0 Å². The molecule has 0 radical (unpaired) electrons. The Morgan fingerprint density at radius 2 is 0.667 bits per heavy atom. The van der Waals surface area contributed by atoms with Gasteiger partial charge in [0.1, 0.15) is 0 Å². The van der Waals surface area contributed by atoms with Gasteiger partial charge < -0.3 is 0 Å². The molecule has 1 aliphatic heterocycles. The zero-order chi connectivity index (χ0) is 45.1. The predicted molar refractivity (Wildman–Crippen MR) is 293 cm³/mol. The molecule has 0 saturated heterocycles. The highest BCUT2D eigenvalue weighted by Gasteiger charge is 2.90. The van der Waals surface area contributed by atoms with E-state index >= 15 is 0 Å². The molecule has 1 heterocycles. The van der Waals surface area contributed by atoms with Crippen LogP contribution in [0.1, 0.15) is 250 Å². The molecule has 22 atom stereocenters. The van der Waals surface area contributed by atoms with Crippen molar-refractivity contribution in [3.8, 4) is 11.1 Å². The van der Waals surface area contributed by atoms with Crippen LogP contribution in [0.2, 0.25) is 0 Å². The van der Waals surface area contributed by atoms with Gasteiger partial charge in [-0.3, -0.25) is 0 Å². The van der Waals surface area contributed by atoms with E-state index < -0.39 is 0 Å². The summed E-state index contributed by atoms with van der Waals surface area (Å²) in [7, 11) is 0. The van der Waals surface area contributed by atoms with Gasteiger partial charge in [0.25, 0.3) is 0 Å². The van der Waals surface area contributed by atoms with Crippen molar-refractivity contribution < 1.29 is 0 Å². The molecule has 22 unspecified atom stereocenters. The highest BCUT2D eigenvalue weighted by molar-refractivity contribution is 8.01. The maximum Gasteiger partial charge on any atom is 0.0645 e. The van der Waals surface area contributed by atoms with Crippen LogP contribution in [0.5, 0.6) is 0 Å². The van der Waals surface area contributed by atoms with Crippen LogP contribution in [0.4, 0.5) is 0 Å². The Bertz CT molecular complexity index is 5910. The standard InChI is InChI=1S/C74H34S/c1-72(2,3)11-8-9-6-4-5-7-10(9)71-66(11)73-67-58-50-40-30-22-14-12-13-16-20-18(14)26-34-28(20)38-32-24(16)25-17(13)21-19-15(12)23(22)31-37-27(19)35-29(21)39-33(25)43-42(32)54-48(38)56-46(34)52(44(50)36(26)30)60(67)62(56)69-64(54)65-55(43)49(39)57-47(35)53-45(37)51(41(31)40)59(58)68(73)61(53)63(57)70(65)74(69,73)75-71/h4-8,14,16,18,20,22,24,30,32,40-43,51,55,59,61,63,65,68,70H,1-3H3. The van der Waals surface area contributed by atoms with Gasteiger partial charge in [-0.05, 0) is 354 Å². The second kappa shape index (κ2) is 7.15. The summed E-state index contributed by atoms with van der Waals surface area (Å²) in [5.41, 5.74) is 48.1. The van der Waals surface area contributed by atoms with Crippen LogP contribution < -0.4 is 0 Å². The fraction of sp³-hybridized carbons (Fsp3) is 0.351. The van der Waals surface area contributed by atoms with E-state index in [-0.39, 0.29) is 15.6 Å². The van der Waals surface area contributed by atoms with Crippen LogP contribution in [-0.4, -0.2) is 0 Å². The topological polar surface area (TPSA) is 0 Å². The molecule has 336 valence electrons. The fourth-order valence-electron chi connectivity index (χ4n) is 33.2. The van der Waals surface area contributed by atoms with Crippen molar-refractivity contribution in [2.45, 2.75) is 148 Å². The molecule has 23 aliphatic rings. The van der Waals surface area contributed by atoms with Gasteiger partial charge in [0.05, 0.1) is 4.75 Å². The van der Waals surface area contributed by atoms with E-state index in [0.29, 0.717) is 118 Å². The minimum atomic E-state index is -0.0484. The molecule has 12 aromatic rings. The van der Waals surface area contributed by atoms with Crippen molar-refractivity contribution in [3.05, 3.63) is 153 Å². The summed E-state index contributed by atoms with van der Waals surface area (Å²) in [5, 5.41) is 33.8. The molecule has 0 nitrogen and oxygen atoms in total. The Balaban J connectivity index is 0.990. The Hall–Kier alpha value is -5.89. The Morgan fingerprint density at radius 3 is 1.13 bits per heavy atom. The largest absolute Gasteiger partial charge is 0.112 e. The van der Waals surface area contributed by atoms with Crippen LogP contribution in [-0.2, 0) is 15.6 Å². The van der Waals surface area contributed by atoms with E-state index in [1.54, 1.807) is 15.8 Å². The summed E-state index contributed by atoms with van der Waals surface area (Å²) < 4.78 is -0.00694. The molecular formula is C74H34S. The van der Waals surface area contributed by atoms with Crippen molar-refractivity contribution in [1.82, 2.24) is 0 Å². The highest BCUT2D eigenvalue weighted by Crippen LogP contribution is 3.01. The molecule has 1 saturated carbocycles. The van der Waals surface area contributed by atoms with Gasteiger partial charge in [-0.1, -0.05) is 51.1 Å². The average Bonchev–Trinajstić information content (AvgIpc) is 1.69. The maximum absolute atomic E-state index is 2.83. The van der Waals surface area contributed by atoms with E-state index in [2.05, 4.69) is 74.0 Å². The first-order chi connectivity index (χ1) is 37.0. The normalized spacial score (nSPS) is 45.9. The van der Waals surface area contributed by atoms with E-state index in [0.717, 1.165) is 0 Å². The molecule has 0 aromatic heterocycles. The minimum Gasteiger partial charge on any atom is -0.112 e. The van der Waals surface area contributed by atoms with Gasteiger partial charge in [0.2, 0.25) is 0 Å². The van der Waals surface area contributed by atoms with E-state index in [1.165, 1.54) is 5.39 Å². The summed E-state index contributed by atoms with van der Waals surface area (Å²) in [6, 6.07) is 12.8. The quantitative estimate of drug-likeness (QED) is 0.137. The zero-order valence-corrected chi connectivity index (χ0v) is 41.7. The second-order valence-corrected chi connectivity index (χ2v) is 33.5. The number of hydrogen-bond donors (Lipinski definition) is 0. The number of benzene rings is 11. The van der Waals surface area contributed by atoms with Crippen LogP contribution in [0.3, 0.4) is 0 Å². The van der Waals surface area contributed by atoms with E-state index in [1.807, 2.05) is 203 Å². The van der Waals surface area contributed by atoms with Crippen LogP contribution >= 0.6 is 11.8 Å².